The van der Waals surface area contributed by atoms with Crippen LogP contribution < -0.4 is 5.32 Å². The summed E-state index contributed by atoms with van der Waals surface area (Å²) in [5.41, 5.74) is 4.09. The molecule has 0 spiro atoms. The van der Waals surface area contributed by atoms with Gasteiger partial charge in [0.25, 0.3) is 0 Å². The zero-order chi connectivity index (χ0) is 21.1. The lowest BCUT2D eigenvalue weighted by atomic mass is 9.96. The number of amides is 2. The number of piperidine rings is 1. The van der Waals surface area contributed by atoms with E-state index in [0.29, 0.717) is 6.54 Å². The van der Waals surface area contributed by atoms with Crippen molar-refractivity contribution in [3.05, 3.63) is 65.5 Å². The van der Waals surface area contributed by atoms with Crippen molar-refractivity contribution in [1.82, 2.24) is 20.2 Å². The SMILES string of the molecule is CC(=O)N[C@H](CC(=O)N1CCC[C@H](c2nc3ccccc3[nH]2)C1)c1ccc(C)cc1. The zero-order valence-corrected chi connectivity index (χ0v) is 17.5. The molecule has 1 fully saturated rings. The molecule has 0 radical (unpaired) electrons. The number of likely N-dealkylation sites (tertiary alicyclic amines) is 1. The fourth-order valence-corrected chi connectivity index (χ4v) is 4.19. The van der Waals surface area contributed by atoms with Gasteiger partial charge in [-0.25, -0.2) is 4.98 Å². The van der Waals surface area contributed by atoms with Gasteiger partial charge < -0.3 is 15.2 Å². The fraction of sp³-hybridized carbons (Fsp3) is 0.375. The summed E-state index contributed by atoms with van der Waals surface area (Å²) in [6.07, 6.45) is 2.22. The highest BCUT2D eigenvalue weighted by Crippen LogP contribution is 2.28. The van der Waals surface area contributed by atoms with Crippen molar-refractivity contribution in [2.75, 3.05) is 13.1 Å². The predicted octanol–water partition coefficient (Wildman–Crippen LogP) is 3.84. The van der Waals surface area contributed by atoms with E-state index in [0.717, 1.165) is 47.4 Å². The number of imidazole rings is 1. The average Bonchev–Trinajstić information content (AvgIpc) is 3.18. The molecule has 6 nitrogen and oxygen atoms in total. The van der Waals surface area contributed by atoms with E-state index in [9.17, 15) is 9.59 Å². The van der Waals surface area contributed by atoms with Gasteiger partial charge in [0, 0.05) is 25.9 Å². The van der Waals surface area contributed by atoms with E-state index in [2.05, 4.69) is 10.3 Å². The number of fused-ring (bicyclic) bond motifs is 1. The molecule has 1 aliphatic rings. The molecule has 1 saturated heterocycles. The topological polar surface area (TPSA) is 78.1 Å². The van der Waals surface area contributed by atoms with Crippen molar-refractivity contribution >= 4 is 22.8 Å². The van der Waals surface area contributed by atoms with Gasteiger partial charge >= 0.3 is 0 Å². The summed E-state index contributed by atoms with van der Waals surface area (Å²) >= 11 is 0. The third-order valence-electron chi connectivity index (χ3n) is 5.80. The minimum atomic E-state index is -0.317. The molecule has 2 aromatic carbocycles. The monoisotopic (exact) mass is 404 g/mol. The summed E-state index contributed by atoms with van der Waals surface area (Å²) in [7, 11) is 0. The van der Waals surface area contributed by atoms with Crippen LogP contribution in [0.2, 0.25) is 0 Å². The van der Waals surface area contributed by atoms with Gasteiger partial charge in [0.2, 0.25) is 11.8 Å². The van der Waals surface area contributed by atoms with E-state index < -0.39 is 0 Å². The highest BCUT2D eigenvalue weighted by molar-refractivity contribution is 5.79. The molecule has 4 rings (SSSR count). The number of aromatic nitrogens is 2. The highest BCUT2D eigenvalue weighted by atomic mass is 16.2. The number of carbonyl (C=O) groups is 2. The summed E-state index contributed by atoms with van der Waals surface area (Å²) in [6, 6.07) is 15.7. The lowest BCUT2D eigenvalue weighted by Gasteiger charge is -2.33. The Morgan fingerprint density at radius 1 is 1.20 bits per heavy atom. The molecule has 156 valence electrons. The smallest absolute Gasteiger partial charge is 0.225 e. The van der Waals surface area contributed by atoms with Crippen molar-refractivity contribution in [2.45, 2.75) is 45.1 Å². The second kappa shape index (κ2) is 8.69. The minimum Gasteiger partial charge on any atom is -0.349 e. The zero-order valence-electron chi connectivity index (χ0n) is 17.5. The van der Waals surface area contributed by atoms with Crippen LogP contribution in [0.3, 0.4) is 0 Å². The number of benzene rings is 2. The van der Waals surface area contributed by atoms with E-state index in [4.69, 9.17) is 4.98 Å². The number of para-hydroxylation sites is 2. The third-order valence-corrected chi connectivity index (χ3v) is 5.80. The molecule has 0 saturated carbocycles. The fourth-order valence-electron chi connectivity index (χ4n) is 4.19. The first kappa shape index (κ1) is 20.1. The molecular formula is C24H28N4O2. The Kier molecular flexibility index (Phi) is 5.84. The van der Waals surface area contributed by atoms with Crippen LogP contribution >= 0.6 is 0 Å². The average molecular weight is 405 g/mol. The maximum absolute atomic E-state index is 13.1. The second-order valence-corrected chi connectivity index (χ2v) is 8.19. The molecule has 3 aromatic rings. The first-order valence-electron chi connectivity index (χ1n) is 10.6. The van der Waals surface area contributed by atoms with Gasteiger partial charge in [-0.3, -0.25) is 9.59 Å². The predicted molar refractivity (Wildman–Crippen MR) is 117 cm³/mol. The molecule has 6 heteroatoms. The molecule has 0 aliphatic carbocycles. The van der Waals surface area contributed by atoms with Gasteiger partial charge in [0.05, 0.1) is 23.5 Å². The Morgan fingerprint density at radius 3 is 2.70 bits per heavy atom. The van der Waals surface area contributed by atoms with Crippen LogP contribution in [0.25, 0.3) is 11.0 Å². The van der Waals surface area contributed by atoms with Crippen molar-refractivity contribution in [1.29, 1.82) is 0 Å². The van der Waals surface area contributed by atoms with Crippen molar-refractivity contribution in [2.24, 2.45) is 0 Å². The summed E-state index contributed by atoms with van der Waals surface area (Å²) in [5.74, 6) is 1.08. The summed E-state index contributed by atoms with van der Waals surface area (Å²) < 4.78 is 0. The Balaban J connectivity index is 1.47. The first-order chi connectivity index (χ1) is 14.5. The Bertz CT molecular complexity index is 1010. The maximum atomic E-state index is 13.1. The second-order valence-electron chi connectivity index (χ2n) is 8.19. The first-order valence-corrected chi connectivity index (χ1v) is 10.6. The van der Waals surface area contributed by atoms with E-state index in [1.165, 1.54) is 6.92 Å². The van der Waals surface area contributed by atoms with Crippen LogP contribution in [0, 0.1) is 6.92 Å². The van der Waals surface area contributed by atoms with Gasteiger partial charge in [-0.1, -0.05) is 42.0 Å². The Morgan fingerprint density at radius 2 is 1.97 bits per heavy atom. The van der Waals surface area contributed by atoms with Gasteiger partial charge in [-0.2, -0.15) is 0 Å². The number of carbonyl (C=O) groups excluding carboxylic acids is 2. The molecule has 0 bridgehead atoms. The van der Waals surface area contributed by atoms with Crippen LogP contribution in [0.1, 0.15) is 55.1 Å². The number of nitrogens with one attached hydrogen (secondary N) is 2. The number of H-pyrrole nitrogens is 1. The molecule has 1 aliphatic heterocycles. The number of rotatable bonds is 5. The van der Waals surface area contributed by atoms with Gasteiger partial charge in [0.1, 0.15) is 5.82 Å². The lowest BCUT2D eigenvalue weighted by Crippen LogP contribution is -2.41. The van der Waals surface area contributed by atoms with Crippen LogP contribution in [0.4, 0.5) is 0 Å². The largest absolute Gasteiger partial charge is 0.349 e. The van der Waals surface area contributed by atoms with Crippen LogP contribution in [0.5, 0.6) is 0 Å². The molecule has 2 atom stereocenters. The molecule has 2 amide bonds. The van der Waals surface area contributed by atoms with Crippen molar-refractivity contribution in [3.8, 4) is 0 Å². The van der Waals surface area contributed by atoms with Crippen LogP contribution in [0.15, 0.2) is 48.5 Å². The third kappa shape index (κ3) is 4.53. The van der Waals surface area contributed by atoms with E-state index >= 15 is 0 Å². The van der Waals surface area contributed by atoms with Gasteiger partial charge in [-0.15, -0.1) is 0 Å². The quantitative estimate of drug-likeness (QED) is 0.678. The highest BCUT2D eigenvalue weighted by Gasteiger charge is 2.28. The standard InChI is InChI=1S/C24H28N4O2/c1-16-9-11-18(12-10-16)22(25-17(2)29)14-23(30)28-13-5-6-19(15-28)24-26-20-7-3-4-8-21(20)27-24/h3-4,7-12,19,22H,5-6,13-15H2,1-2H3,(H,25,29)(H,26,27)/t19-,22+/m0/s1. The summed E-state index contributed by atoms with van der Waals surface area (Å²) in [5, 5.41) is 2.94. The molecule has 2 heterocycles. The molecule has 30 heavy (non-hydrogen) atoms. The van der Waals surface area contributed by atoms with Crippen LogP contribution in [-0.4, -0.2) is 39.8 Å². The number of aromatic amines is 1. The number of aryl methyl sites for hydroxylation is 1. The van der Waals surface area contributed by atoms with Crippen molar-refractivity contribution in [3.63, 3.8) is 0 Å². The summed E-state index contributed by atoms with van der Waals surface area (Å²) in [6.45, 7) is 4.91. The normalized spacial score (nSPS) is 17.7. The van der Waals surface area contributed by atoms with Crippen LogP contribution in [-0.2, 0) is 9.59 Å². The number of hydrogen-bond donors (Lipinski definition) is 2. The molecular weight excluding hydrogens is 376 g/mol. The number of hydrogen-bond acceptors (Lipinski definition) is 3. The Labute approximate surface area is 176 Å². The van der Waals surface area contributed by atoms with E-state index in [1.54, 1.807) is 0 Å². The maximum Gasteiger partial charge on any atom is 0.225 e. The Hall–Kier alpha value is -3.15. The lowest BCUT2D eigenvalue weighted by molar-refractivity contribution is -0.133. The van der Waals surface area contributed by atoms with Gasteiger partial charge in [-0.05, 0) is 37.5 Å². The summed E-state index contributed by atoms with van der Waals surface area (Å²) in [4.78, 5) is 34.9. The molecule has 0 unspecified atom stereocenters. The molecule has 2 N–H and O–H groups in total. The van der Waals surface area contributed by atoms with Gasteiger partial charge in [0.15, 0.2) is 0 Å². The number of nitrogens with zero attached hydrogens (tertiary/aromatic N) is 2. The molecule has 1 aromatic heterocycles. The van der Waals surface area contributed by atoms with E-state index in [1.807, 2.05) is 60.4 Å². The van der Waals surface area contributed by atoms with E-state index in [-0.39, 0.29) is 30.2 Å². The van der Waals surface area contributed by atoms with Crippen molar-refractivity contribution < 1.29 is 9.59 Å². The minimum absolute atomic E-state index is 0.0649.